The van der Waals surface area contributed by atoms with Crippen LogP contribution in [-0.4, -0.2) is 46.0 Å². The Morgan fingerprint density at radius 1 is 1.34 bits per heavy atom. The minimum atomic E-state index is -1.08. The fraction of sp³-hybridized carbons (Fsp3) is 0.500. The van der Waals surface area contributed by atoms with E-state index in [1.807, 2.05) is 27.7 Å². The molecule has 0 bridgehead atoms. The van der Waals surface area contributed by atoms with E-state index in [-0.39, 0.29) is 23.6 Å². The van der Waals surface area contributed by atoms with Gasteiger partial charge < -0.3 is 25.0 Å². The van der Waals surface area contributed by atoms with Gasteiger partial charge in [-0.2, -0.15) is 0 Å². The molecule has 3 N–H and O–H groups in total. The van der Waals surface area contributed by atoms with Crippen LogP contribution in [0.5, 0.6) is 5.75 Å². The van der Waals surface area contributed by atoms with E-state index in [1.165, 1.54) is 18.3 Å². The Kier molecular flexibility index (Phi) is 7.17. The van der Waals surface area contributed by atoms with E-state index in [1.54, 1.807) is 19.1 Å². The van der Waals surface area contributed by atoms with E-state index in [4.69, 9.17) is 14.6 Å². The first kappa shape index (κ1) is 24.1. The normalized spacial score (nSPS) is 23.1. The molecule has 0 unspecified atom stereocenters. The largest absolute Gasteiger partial charge is 0.493 e. The minimum Gasteiger partial charge on any atom is -0.493 e. The van der Waals surface area contributed by atoms with Crippen LogP contribution in [0.3, 0.4) is 0 Å². The molecule has 7 nitrogen and oxygen atoms in total. The van der Waals surface area contributed by atoms with Gasteiger partial charge in [0.05, 0.1) is 36.4 Å². The monoisotopic (exact) mass is 446 g/mol. The SMILES string of the molecule is CCOc1c([C@H]2[C@H](C(=O)Nc3ccc([C@H](O)CO)nc3)OC(C)(C)[C@H]2C)ccc(F)c1C. The minimum absolute atomic E-state index is 0.0532. The second-order valence-corrected chi connectivity index (χ2v) is 8.64. The number of hydrogen-bond donors (Lipinski definition) is 3. The molecule has 32 heavy (non-hydrogen) atoms. The summed E-state index contributed by atoms with van der Waals surface area (Å²) in [6.07, 6.45) is -0.493. The number of aliphatic hydroxyl groups excluding tert-OH is 2. The van der Waals surface area contributed by atoms with Gasteiger partial charge in [-0.1, -0.05) is 13.0 Å². The highest BCUT2D eigenvalue weighted by Crippen LogP contribution is 2.49. The lowest BCUT2D eigenvalue weighted by molar-refractivity contribution is -0.131. The predicted molar refractivity (Wildman–Crippen MR) is 118 cm³/mol. The second kappa shape index (κ2) is 9.52. The van der Waals surface area contributed by atoms with E-state index in [0.717, 1.165) is 5.56 Å². The molecular formula is C24H31FN2O5. The number of carbonyl (C=O) groups is 1. The van der Waals surface area contributed by atoms with Crippen LogP contribution >= 0.6 is 0 Å². The topological polar surface area (TPSA) is 101 Å². The molecule has 1 saturated heterocycles. The summed E-state index contributed by atoms with van der Waals surface area (Å²) in [6.45, 7) is 9.31. The van der Waals surface area contributed by atoms with Gasteiger partial charge in [-0.25, -0.2) is 4.39 Å². The lowest BCUT2D eigenvalue weighted by Gasteiger charge is -2.26. The Morgan fingerprint density at radius 3 is 2.66 bits per heavy atom. The van der Waals surface area contributed by atoms with Crippen molar-refractivity contribution in [2.45, 2.75) is 58.3 Å². The fourth-order valence-corrected chi connectivity index (χ4v) is 4.12. The standard InChI is InChI=1S/C24H31FN2O5/c1-6-31-21-13(2)17(25)9-8-16(21)20-14(3)24(4,5)32-22(20)23(30)27-15-7-10-18(26-11-15)19(29)12-28/h7-11,14,19-20,22,28-29H,6,12H2,1-5H3,(H,27,30)/t14-,19+,20-,22+/m0/s1. The molecule has 8 heteroatoms. The van der Waals surface area contributed by atoms with Crippen LogP contribution in [0.1, 0.15) is 56.5 Å². The third kappa shape index (κ3) is 4.62. The van der Waals surface area contributed by atoms with E-state index < -0.39 is 24.4 Å². The number of hydrogen-bond acceptors (Lipinski definition) is 6. The number of aliphatic hydroxyl groups is 2. The maximum absolute atomic E-state index is 14.2. The van der Waals surface area contributed by atoms with Gasteiger partial charge in [-0.3, -0.25) is 9.78 Å². The molecular weight excluding hydrogens is 415 g/mol. The molecule has 2 heterocycles. The molecule has 4 atom stereocenters. The zero-order chi connectivity index (χ0) is 23.6. The Bertz CT molecular complexity index is 964. The molecule has 1 aromatic heterocycles. The Morgan fingerprint density at radius 2 is 2.06 bits per heavy atom. The van der Waals surface area contributed by atoms with Gasteiger partial charge in [0.25, 0.3) is 5.91 Å². The van der Waals surface area contributed by atoms with Gasteiger partial charge >= 0.3 is 0 Å². The summed E-state index contributed by atoms with van der Waals surface area (Å²) in [7, 11) is 0. The molecule has 1 aliphatic rings. The van der Waals surface area contributed by atoms with Crippen LogP contribution in [0.4, 0.5) is 10.1 Å². The molecule has 174 valence electrons. The second-order valence-electron chi connectivity index (χ2n) is 8.64. The van der Waals surface area contributed by atoms with Gasteiger partial charge in [0.2, 0.25) is 0 Å². The van der Waals surface area contributed by atoms with Gasteiger partial charge in [0.15, 0.2) is 0 Å². The van der Waals surface area contributed by atoms with Crippen molar-refractivity contribution in [2.75, 3.05) is 18.5 Å². The van der Waals surface area contributed by atoms with Crippen molar-refractivity contribution >= 4 is 11.6 Å². The molecule has 0 spiro atoms. The van der Waals surface area contributed by atoms with E-state index >= 15 is 0 Å². The van der Waals surface area contributed by atoms with Crippen molar-refractivity contribution in [1.29, 1.82) is 0 Å². The van der Waals surface area contributed by atoms with Crippen LogP contribution in [0, 0.1) is 18.7 Å². The van der Waals surface area contributed by atoms with Crippen LogP contribution in [0.25, 0.3) is 0 Å². The number of carbonyl (C=O) groups excluding carboxylic acids is 1. The maximum atomic E-state index is 14.2. The lowest BCUT2D eigenvalue weighted by Crippen LogP contribution is -2.33. The first-order valence-electron chi connectivity index (χ1n) is 10.8. The quantitative estimate of drug-likeness (QED) is 0.602. The van der Waals surface area contributed by atoms with Gasteiger partial charge in [-0.05, 0) is 51.8 Å². The molecule has 0 aliphatic carbocycles. The van der Waals surface area contributed by atoms with E-state index in [0.29, 0.717) is 29.3 Å². The molecule has 1 fully saturated rings. The summed E-state index contributed by atoms with van der Waals surface area (Å²) in [5.41, 5.74) is 1.29. The number of halogens is 1. The van der Waals surface area contributed by atoms with Crippen molar-refractivity contribution in [2.24, 2.45) is 5.92 Å². The average molecular weight is 447 g/mol. The first-order valence-corrected chi connectivity index (χ1v) is 10.8. The fourth-order valence-electron chi connectivity index (χ4n) is 4.12. The molecule has 2 aromatic rings. The maximum Gasteiger partial charge on any atom is 0.254 e. The number of nitrogens with one attached hydrogen (secondary N) is 1. The highest BCUT2D eigenvalue weighted by molar-refractivity contribution is 5.95. The summed E-state index contributed by atoms with van der Waals surface area (Å²) >= 11 is 0. The molecule has 1 amide bonds. The summed E-state index contributed by atoms with van der Waals surface area (Å²) in [5, 5.41) is 21.5. The van der Waals surface area contributed by atoms with Gasteiger partial charge in [0, 0.05) is 17.0 Å². The van der Waals surface area contributed by atoms with Crippen molar-refractivity contribution < 1.29 is 28.9 Å². The lowest BCUT2D eigenvalue weighted by atomic mass is 9.77. The molecule has 3 rings (SSSR count). The third-order valence-electron chi connectivity index (χ3n) is 6.24. The van der Waals surface area contributed by atoms with Crippen LogP contribution < -0.4 is 10.1 Å². The predicted octanol–water partition coefficient (Wildman–Crippen LogP) is 3.49. The Balaban J connectivity index is 1.93. The van der Waals surface area contributed by atoms with Crippen molar-refractivity contribution in [3.05, 3.63) is 53.1 Å². The number of anilines is 1. The van der Waals surface area contributed by atoms with Crippen LogP contribution in [0.15, 0.2) is 30.5 Å². The van der Waals surface area contributed by atoms with Crippen molar-refractivity contribution in [1.82, 2.24) is 4.98 Å². The number of benzene rings is 1. The number of amides is 1. The first-order chi connectivity index (χ1) is 15.1. The van der Waals surface area contributed by atoms with Gasteiger partial charge in [0.1, 0.15) is 23.8 Å². The number of nitrogens with zero attached hydrogens (tertiary/aromatic N) is 1. The average Bonchev–Trinajstić information content (AvgIpc) is 3.01. The zero-order valence-electron chi connectivity index (χ0n) is 19.1. The summed E-state index contributed by atoms with van der Waals surface area (Å²) in [4.78, 5) is 17.3. The molecule has 1 aromatic carbocycles. The van der Waals surface area contributed by atoms with Crippen LogP contribution in [0.2, 0.25) is 0 Å². The highest BCUT2D eigenvalue weighted by atomic mass is 19.1. The Labute approximate surface area is 187 Å². The van der Waals surface area contributed by atoms with Crippen molar-refractivity contribution in [3.8, 4) is 5.75 Å². The zero-order valence-corrected chi connectivity index (χ0v) is 19.1. The van der Waals surface area contributed by atoms with E-state index in [2.05, 4.69) is 10.3 Å². The third-order valence-corrected chi connectivity index (χ3v) is 6.24. The van der Waals surface area contributed by atoms with Crippen LogP contribution in [-0.2, 0) is 9.53 Å². The number of rotatable bonds is 7. The highest BCUT2D eigenvalue weighted by Gasteiger charge is 2.51. The van der Waals surface area contributed by atoms with Gasteiger partial charge in [-0.15, -0.1) is 0 Å². The molecule has 1 aliphatic heterocycles. The molecule has 0 radical (unpaired) electrons. The number of pyridine rings is 1. The smallest absolute Gasteiger partial charge is 0.254 e. The number of ether oxygens (including phenoxy) is 2. The summed E-state index contributed by atoms with van der Waals surface area (Å²) < 4.78 is 26.2. The number of aromatic nitrogens is 1. The Hall–Kier alpha value is -2.55. The summed E-state index contributed by atoms with van der Waals surface area (Å²) in [6, 6.07) is 6.21. The molecule has 0 saturated carbocycles. The summed E-state index contributed by atoms with van der Waals surface area (Å²) in [5.74, 6) is -0.668. The van der Waals surface area contributed by atoms with Crippen molar-refractivity contribution in [3.63, 3.8) is 0 Å². The van der Waals surface area contributed by atoms with E-state index in [9.17, 15) is 14.3 Å².